The summed E-state index contributed by atoms with van der Waals surface area (Å²) in [5.74, 6) is 0.729. The van der Waals surface area contributed by atoms with Crippen LogP contribution in [0.4, 0.5) is 11.5 Å². The van der Waals surface area contributed by atoms with Crippen LogP contribution in [0.2, 0.25) is 0 Å². The highest BCUT2D eigenvalue weighted by Crippen LogP contribution is 2.29. The second kappa shape index (κ2) is 13.9. The van der Waals surface area contributed by atoms with E-state index in [0.717, 1.165) is 43.1 Å². The number of hydrogen-bond donors (Lipinski definition) is 5. The van der Waals surface area contributed by atoms with Crippen molar-refractivity contribution in [2.45, 2.75) is 40.0 Å². The maximum Gasteiger partial charge on any atom is 0.125 e. The smallest absolute Gasteiger partial charge is 0.125 e. The molecule has 0 saturated carbocycles. The second-order valence-corrected chi connectivity index (χ2v) is 4.99. The largest absolute Gasteiger partial charge is 0.384 e. The van der Waals surface area contributed by atoms with E-state index in [-0.39, 0.29) is 0 Å². The number of rotatable bonds is 7. The number of para-hydroxylation sites is 1. The monoisotopic (exact) mass is 321 g/mol. The van der Waals surface area contributed by atoms with E-state index in [1.807, 2.05) is 39.1 Å². The van der Waals surface area contributed by atoms with Crippen molar-refractivity contribution < 1.29 is 0 Å². The molecule has 2 rings (SSSR count). The Morgan fingerprint density at radius 3 is 2.35 bits per heavy atom. The standard InChI is InChI=1S/C12H17N3.C4H12N2.C2H6/c1-2-3-8-14-11-9-6-4-5-7-10(9)15-12(11)13;1-6-4-2-3-5;1-2/h4-7,14-15H,2-3,8,13H2,1H3;6H,2-5H2,1H3;1-2H3. The predicted octanol–water partition coefficient (Wildman–Crippen LogP) is 3.54. The summed E-state index contributed by atoms with van der Waals surface area (Å²) in [6.45, 7) is 8.99. The third kappa shape index (κ3) is 7.90. The first-order valence-corrected chi connectivity index (χ1v) is 8.69. The van der Waals surface area contributed by atoms with Crippen LogP contribution < -0.4 is 22.1 Å². The number of aromatic amines is 1. The van der Waals surface area contributed by atoms with Gasteiger partial charge >= 0.3 is 0 Å². The van der Waals surface area contributed by atoms with E-state index in [4.69, 9.17) is 11.5 Å². The number of nitrogens with two attached hydrogens (primary N) is 2. The van der Waals surface area contributed by atoms with Gasteiger partial charge in [0.1, 0.15) is 5.82 Å². The molecule has 0 spiro atoms. The Hall–Kier alpha value is -1.72. The molecule has 5 nitrogen and oxygen atoms in total. The van der Waals surface area contributed by atoms with Gasteiger partial charge in [-0.2, -0.15) is 0 Å². The Bertz CT molecular complexity index is 503. The number of unbranched alkanes of at least 4 members (excludes halogenated alkanes) is 1. The van der Waals surface area contributed by atoms with Gasteiger partial charge in [-0.1, -0.05) is 45.4 Å². The maximum atomic E-state index is 5.92. The molecule has 0 atom stereocenters. The molecule has 0 saturated heterocycles. The van der Waals surface area contributed by atoms with Gasteiger partial charge in [-0.15, -0.1) is 0 Å². The lowest BCUT2D eigenvalue weighted by atomic mass is 10.2. The van der Waals surface area contributed by atoms with Crippen molar-refractivity contribution >= 4 is 22.4 Å². The molecule has 0 aliphatic heterocycles. The van der Waals surface area contributed by atoms with Gasteiger partial charge in [0.15, 0.2) is 0 Å². The highest BCUT2D eigenvalue weighted by atomic mass is 15.0. The van der Waals surface area contributed by atoms with Crippen LogP contribution in [0, 0.1) is 0 Å². The van der Waals surface area contributed by atoms with Gasteiger partial charge in [0.05, 0.1) is 5.69 Å². The molecular weight excluding hydrogens is 286 g/mol. The first kappa shape index (κ1) is 21.3. The lowest BCUT2D eigenvalue weighted by Gasteiger charge is -2.04. The Morgan fingerprint density at radius 2 is 1.78 bits per heavy atom. The van der Waals surface area contributed by atoms with Crippen LogP contribution >= 0.6 is 0 Å². The van der Waals surface area contributed by atoms with E-state index in [9.17, 15) is 0 Å². The molecule has 0 bridgehead atoms. The number of H-pyrrole nitrogens is 1. The summed E-state index contributed by atoms with van der Waals surface area (Å²) in [6, 6.07) is 8.15. The molecule has 1 aromatic carbocycles. The summed E-state index contributed by atoms with van der Waals surface area (Å²) in [5, 5.41) is 7.54. The summed E-state index contributed by atoms with van der Waals surface area (Å²) in [7, 11) is 1.93. The average molecular weight is 322 g/mol. The number of fused-ring (bicyclic) bond motifs is 1. The Labute approximate surface area is 141 Å². The van der Waals surface area contributed by atoms with Gasteiger partial charge in [0.25, 0.3) is 0 Å². The van der Waals surface area contributed by atoms with Crippen LogP contribution in [-0.2, 0) is 0 Å². The van der Waals surface area contributed by atoms with Crippen LogP contribution in [0.15, 0.2) is 24.3 Å². The molecule has 2 aromatic rings. The van der Waals surface area contributed by atoms with E-state index in [2.05, 4.69) is 28.6 Å². The zero-order chi connectivity index (χ0) is 17.5. The average Bonchev–Trinajstić information content (AvgIpc) is 2.91. The Balaban J connectivity index is 0.000000515. The van der Waals surface area contributed by atoms with Crippen molar-refractivity contribution in [3.05, 3.63) is 24.3 Å². The summed E-state index contributed by atoms with van der Waals surface area (Å²) >= 11 is 0. The van der Waals surface area contributed by atoms with E-state index in [0.29, 0.717) is 0 Å². The van der Waals surface area contributed by atoms with E-state index < -0.39 is 0 Å². The molecule has 5 heteroatoms. The van der Waals surface area contributed by atoms with Crippen LogP contribution in [0.1, 0.15) is 40.0 Å². The minimum atomic E-state index is 0.729. The van der Waals surface area contributed by atoms with Crippen molar-refractivity contribution in [2.24, 2.45) is 5.73 Å². The van der Waals surface area contributed by atoms with E-state index in [1.54, 1.807) is 0 Å². The minimum absolute atomic E-state index is 0.729. The molecule has 7 N–H and O–H groups in total. The van der Waals surface area contributed by atoms with Crippen molar-refractivity contribution in [3.8, 4) is 0 Å². The van der Waals surface area contributed by atoms with Gasteiger partial charge in [0, 0.05) is 17.4 Å². The van der Waals surface area contributed by atoms with E-state index >= 15 is 0 Å². The van der Waals surface area contributed by atoms with Crippen molar-refractivity contribution in [1.29, 1.82) is 0 Å². The van der Waals surface area contributed by atoms with Crippen molar-refractivity contribution in [3.63, 3.8) is 0 Å². The van der Waals surface area contributed by atoms with Crippen molar-refractivity contribution in [1.82, 2.24) is 10.3 Å². The third-order valence-electron chi connectivity index (χ3n) is 3.20. The number of anilines is 2. The van der Waals surface area contributed by atoms with Crippen molar-refractivity contribution in [2.75, 3.05) is 37.7 Å². The van der Waals surface area contributed by atoms with E-state index in [1.165, 1.54) is 18.2 Å². The quantitative estimate of drug-likeness (QED) is 0.504. The molecule has 1 heterocycles. The molecule has 0 radical (unpaired) electrons. The molecule has 0 aliphatic carbocycles. The molecule has 0 aliphatic rings. The van der Waals surface area contributed by atoms with Crippen LogP contribution in [0.25, 0.3) is 10.9 Å². The fourth-order valence-electron chi connectivity index (χ4n) is 2.02. The van der Waals surface area contributed by atoms with Crippen LogP contribution in [0.5, 0.6) is 0 Å². The van der Waals surface area contributed by atoms with Gasteiger partial charge in [-0.25, -0.2) is 0 Å². The van der Waals surface area contributed by atoms with Gasteiger partial charge in [0.2, 0.25) is 0 Å². The minimum Gasteiger partial charge on any atom is -0.384 e. The first-order valence-electron chi connectivity index (χ1n) is 8.69. The summed E-state index contributed by atoms with van der Waals surface area (Å²) in [4.78, 5) is 3.17. The number of benzene rings is 1. The summed E-state index contributed by atoms with van der Waals surface area (Å²) in [5.41, 5.74) is 13.2. The SMILES string of the molecule is CC.CCCCNc1c(N)[nH]c2ccccc12.CNCCCN. The fourth-order valence-corrected chi connectivity index (χ4v) is 2.02. The second-order valence-electron chi connectivity index (χ2n) is 4.99. The first-order chi connectivity index (χ1) is 11.2. The maximum absolute atomic E-state index is 5.92. The Kier molecular flexibility index (Phi) is 12.9. The molecule has 0 fully saturated rings. The van der Waals surface area contributed by atoms with Gasteiger partial charge in [-0.3, -0.25) is 0 Å². The molecule has 1 aromatic heterocycles. The van der Waals surface area contributed by atoms with Crippen LogP contribution in [0.3, 0.4) is 0 Å². The zero-order valence-electron chi connectivity index (χ0n) is 15.2. The Morgan fingerprint density at radius 1 is 1.09 bits per heavy atom. The number of nitrogen functional groups attached to an aromatic ring is 1. The predicted molar refractivity (Wildman–Crippen MR) is 105 cm³/mol. The number of nitrogens with one attached hydrogen (secondary N) is 3. The molecular formula is C18H35N5. The summed E-state index contributed by atoms with van der Waals surface area (Å²) < 4.78 is 0. The normalized spacial score (nSPS) is 9.61. The third-order valence-corrected chi connectivity index (χ3v) is 3.20. The zero-order valence-corrected chi connectivity index (χ0v) is 15.2. The highest BCUT2D eigenvalue weighted by molar-refractivity contribution is 5.98. The summed E-state index contributed by atoms with van der Waals surface area (Å²) in [6.07, 6.45) is 3.44. The molecule has 23 heavy (non-hydrogen) atoms. The number of aromatic nitrogens is 1. The van der Waals surface area contributed by atoms with Gasteiger partial charge in [-0.05, 0) is 39.0 Å². The molecule has 0 unspecified atom stereocenters. The van der Waals surface area contributed by atoms with Gasteiger partial charge < -0.3 is 27.1 Å². The molecule has 132 valence electrons. The van der Waals surface area contributed by atoms with Crippen LogP contribution in [-0.4, -0.2) is 31.7 Å². The lowest BCUT2D eigenvalue weighted by molar-refractivity contribution is 0.733. The highest BCUT2D eigenvalue weighted by Gasteiger charge is 2.06. The lowest BCUT2D eigenvalue weighted by Crippen LogP contribution is -2.12. The fraction of sp³-hybridized carbons (Fsp3) is 0.556. The number of hydrogen-bond acceptors (Lipinski definition) is 4. The molecule has 0 amide bonds. The topological polar surface area (TPSA) is 91.9 Å².